The van der Waals surface area contributed by atoms with Gasteiger partial charge in [-0.1, -0.05) is 74.2 Å². The molecule has 1 aliphatic rings. The Balaban J connectivity index is 1.71. The Hall–Kier alpha value is -1.98. The van der Waals surface area contributed by atoms with Crippen LogP contribution in [-0.4, -0.2) is 34.6 Å². The number of nitrogens with one attached hydrogen (secondary N) is 1. The molecular weight excluding hydrogens is 440 g/mol. The van der Waals surface area contributed by atoms with E-state index in [1.54, 1.807) is 16.7 Å². The fourth-order valence-electron chi connectivity index (χ4n) is 4.19. The molecule has 2 amide bonds. The molecular formula is C26H33ClN2O2S. The number of halogens is 1. The van der Waals surface area contributed by atoms with Crippen molar-refractivity contribution in [3.63, 3.8) is 0 Å². The van der Waals surface area contributed by atoms with Gasteiger partial charge in [-0.2, -0.15) is 0 Å². The third-order valence-electron chi connectivity index (χ3n) is 5.96. The van der Waals surface area contributed by atoms with Crippen molar-refractivity contribution in [1.82, 2.24) is 10.2 Å². The van der Waals surface area contributed by atoms with Crippen molar-refractivity contribution in [1.29, 1.82) is 0 Å². The second-order valence-corrected chi connectivity index (χ2v) is 9.87. The van der Waals surface area contributed by atoms with Crippen LogP contribution in [0.15, 0.2) is 59.5 Å². The molecule has 4 nitrogen and oxygen atoms in total. The molecule has 1 saturated carbocycles. The SMILES string of the molecule is CC[C@@H](C(=O)NC1CCCCC1)N(Cc1ccccc1Cl)C(=O)CCSc1ccccc1. The summed E-state index contributed by atoms with van der Waals surface area (Å²) in [7, 11) is 0. The number of rotatable bonds is 10. The van der Waals surface area contributed by atoms with Gasteiger partial charge in [-0.3, -0.25) is 9.59 Å². The summed E-state index contributed by atoms with van der Waals surface area (Å²) in [5, 5.41) is 3.83. The Labute approximate surface area is 201 Å². The van der Waals surface area contributed by atoms with E-state index >= 15 is 0 Å². The van der Waals surface area contributed by atoms with Crippen LogP contribution in [0, 0.1) is 0 Å². The predicted octanol–water partition coefficient (Wildman–Crippen LogP) is 6.08. The van der Waals surface area contributed by atoms with E-state index in [4.69, 9.17) is 11.6 Å². The van der Waals surface area contributed by atoms with E-state index in [9.17, 15) is 9.59 Å². The molecule has 0 radical (unpaired) electrons. The van der Waals surface area contributed by atoms with Crippen molar-refractivity contribution < 1.29 is 9.59 Å². The normalized spacial score (nSPS) is 15.2. The highest BCUT2D eigenvalue weighted by atomic mass is 35.5. The molecule has 0 spiro atoms. The van der Waals surface area contributed by atoms with Crippen LogP contribution in [-0.2, 0) is 16.1 Å². The lowest BCUT2D eigenvalue weighted by atomic mass is 9.95. The quantitative estimate of drug-likeness (QED) is 0.426. The van der Waals surface area contributed by atoms with Crippen molar-refractivity contribution in [3.8, 4) is 0 Å². The van der Waals surface area contributed by atoms with Gasteiger partial charge in [0.15, 0.2) is 0 Å². The zero-order chi connectivity index (χ0) is 22.8. The summed E-state index contributed by atoms with van der Waals surface area (Å²) in [6.45, 7) is 2.31. The molecule has 2 aromatic rings. The van der Waals surface area contributed by atoms with E-state index in [1.165, 1.54) is 6.42 Å². The number of hydrogen-bond donors (Lipinski definition) is 1. The van der Waals surface area contributed by atoms with E-state index in [1.807, 2.05) is 61.5 Å². The van der Waals surface area contributed by atoms with E-state index in [0.29, 0.717) is 30.2 Å². The Morgan fingerprint density at radius 3 is 2.44 bits per heavy atom. The van der Waals surface area contributed by atoms with E-state index < -0.39 is 6.04 Å². The molecule has 1 aliphatic carbocycles. The fourth-order valence-corrected chi connectivity index (χ4v) is 5.25. The molecule has 6 heteroatoms. The smallest absolute Gasteiger partial charge is 0.243 e. The lowest BCUT2D eigenvalue weighted by molar-refractivity contribution is -0.141. The van der Waals surface area contributed by atoms with E-state index in [2.05, 4.69) is 5.32 Å². The van der Waals surface area contributed by atoms with Gasteiger partial charge in [0.25, 0.3) is 0 Å². The van der Waals surface area contributed by atoms with Crippen LogP contribution in [0.25, 0.3) is 0 Å². The van der Waals surface area contributed by atoms with Gasteiger partial charge in [0, 0.05) is 34.7 Å². The summed E-state index contributed by atoms with van der Waals surface area (Å²) in [5.41, 5.74) is 0.863. The fraction of sp³-hybridized carbons (Fsp3) is 0.462. The minimum atomic E-state index is -0.498. The lowest BCUT2D eigenvalue weighted by Gasteiger charge is -2.33. The Kier molecular flexibility index (Phi) is 9.94. The average Bonchev–Trinajstić information content (AvgIpc) is 2.81. The molecule has 3 rings (SSSR count). The number of amides is 2. The van der Waals surface area contributed by atoms with Gasteiger partial charge in [-0.05, 0) is 43.0 Å². The predicted molar refractivity (Wildman–Crippen MR) is 133 cm³/mol. The van der Waals surface area contributed by atoms with Crippen LogP contribution in [0.4, 0.5) is 0 Å². The number of carbonyl (C=O) groups is 2. The van der Waals surface area contributed by atoms with Crippen LogP contribution in [0.3, 0.4) is 0 Å². The van der Waals surface area contributed by atoms with Gasteiger partial charge < -0.3 is 10.2 Å². The molecule has 0 aromatic heterocycles. The monoisotopic (exact) mass is 472 g/mol. The van der Waals surface area contributed by atoms with E-state index in [0.717, 1.165) is 36.1 Å². The van der Waals surface area contributed by atoms with E-state index in [-0.39, 0.29) is 17.9 Å². The maximum Gasteiger partial charge on any atom is 0.243 e. The molecule has 0 unspecified atom stereocenters. The highest BCUT2D eigenvalue weighted by molar-refractivity contribution is 7.99. The maximum atomic E-state index is 13.3. The van der Waals surface area contributed by atoms with Gasteiger partial charge >= 0.3 is 0 Å². The van der Waals surface area contributed by atoms with Crippen LogP contribution in [0.1, 0.15) is 57.4 Å². The molecule has 1 N–H and O–H groups in total. The highest BCUT2D eigenvalue weighted by Gasteiger charge is 2.30. The number of carbonyl (C=O) groups excluding carboxylic acids is 2. The summed E-state index contributed by atoms with van der Waals surface area (Å²) in [4.78, 5) is 29.4. The Bertz CT molecular complexity index is 871. The van der Waals surface area contributed by atoms with Gasteiger partial charge in [0.05, 0.1) is 0 Å². The van der Waals surface area contributed by atoms with Crippen molar-refractivity contribution >= 4 is 35.2 Å². The van der Waals surface area contributed by atoms with Crippen molar-refractivity contribution in [2.24, 2.45) is 0 Å². The Morgan fingerprint density at radius 1 is 1.06 bits per heavy atom. The summed E-state index contributed by atoms with van der Waals surface area (Å²) in [6, 6.07) is 17.3. The first-order chi connectivity index (χ1) is 15.6. The topological polar surface area (TPSA) is 49.4 Å². The van der Waals surface area contributed by atoms with Gasteiger partial charge in [-0.15, -0.1) is 11.8 Å². The molecule has 0 aliphatic heterocycles. The highest BCUT2D eigenvalue weighted by Crippen LogP contribution is 2.23. The zero-order valence-corrected chi connectivity index (χ0v) is 20.3. The Morgan fingerprint density at radius 2 is 1.75 bits per heavy atom. The first-order valence-electron chi connectivity index (χ1n) is 11.6. The summed E-state index contributed by atoms with van der Waals surface area (Å²) < 4.78 is 0. The van der Waals surface area contributed by atoms with Crippen molar-refractivity contribution in [2.75, 3.05) is 5.75 Å². The molecule has 0 saturated heterocycles. The number of thioether (sulfide) groups is 1. The number of benzene rings is 2. The third-order valence-corrected chi connectivity index (χ3v) is 7.35. The third kappa shape index (κ3) is 7.28. The maximum absolute atomic E-state index is 13.3. The summed E-state index contributed by atoms with van der Waals surface area (Å²) in [6.07, 6.45) is 6.53. The standard InChI is InChI=1S/C26H33ClN2O2S/c1-2-24(26(31)28-21-12-5-3-6-13-21)29(19-20-11-9-10-16-23(20)27)25(30)17-18-32-22-14-7-4-8-15-22/h4,7-11,14-16,21,24H,2-3,5-6,12-13,17-19H2,1H3,(H,28,31)/t24-/m0/s1. The molecule has 2 aromatic carbocycles. The van der Waals surface area contributed by atoms with Crippen LogP contribution < -0.4 is 5.32 Å². The van der Waals surface area contributed by atoms with Crippen LogP contribution in [0.2, 0.25) is 5.02 Å². The van der Waals surface area contributed by atoms with Crippen molar-refractivity contribution in [2.45, 2.75) is 75.4 Å². The van der Waals surface area contributed by atoms with Crippen LogP contribution >= 0.6 is 23.4 Å². The largest absolute Gasteiger partial charge is 0.352 e. The molecule has 1 fully saturated rings. The van der Waals surface area contributed by atoms with Crippen molar-refractivity contribution in [3.05, 3.63) is 65.2 Å². The van der Waals surface area contributed by atoms with Gasteiger partial charge in [0.2, 0.25) is 11.8 Å². The lowest BCUT2D eigenvalue weighted by Crippen LogP contribution is -2.51. The molecule has 172 valence electrons. The first-order valence-corrected chi connectivity index (χ1v) is 13.0. The number of hydrogen-bond acceptors (Lipinski definition) is 3. The molecule has 0 bridgehead atoms. The zero-order valence-electron chi connectivity index (χ0n) is 18.8. The average molecular weight is 473 g/mol. The van der Waals surface area contributed by atoms with Gasteiger partial charge in [0.1, 0.15) is 6.04 Å². The molecule has 0 heterocycles. The van der Waals surface area contributed by atoms with Crippen LogP contribution in [0.5, 0.6) is 0 Å². The minimum absolute atomic E-state index is 0.0148. The second kappa shape index (κ2) is 12.9. The minimum Gasteiger partial charge on any atom is -0.352 e. The molecule has 1 atom stereocenters. The summed E-state index contributed by atoms with van der Waals surface area (Å²) in [5.74, 6) is 0.609. The molecule has 32 heavy (non-hydrogen) atoms. The summed E-state index contributed by atoms with van der Waals surface area (Å²) >= 11 is 8.06. The second-order valence-electron chi connectivity index (χ2n) is 8.29. The first kappa shape index (κ1) is 24.7. The number of nitrogens with zero attached hydrogens (tertiary/aromatic N) is 1. The van der Waals surface area contributed by atoms with Gasteiger partial charge in [-0.25, -0.2) is 0 Å².